The van der Waals surface area contributed by atoms with Crippen molar-refractivity contribution in [2.24, 2.45) is 0 Å². The van der Waals surface area contributed by atoms with Crippen molar-refractivity contribution in [2.45, 2.75) is 33.4 Å². The lowest BCUT2D eigenvalue weighted by Gasteiger charge is -2.11. The molecule has 9 heteroatoms. The monoisotopic (exact) mass is 361 g/mol. The molecule has 7 nitrogen and oxygen atoms in total. The van der Waals surface area contributed by atoms with E-state index in [-0.39, 0.29) is 24.6 Å². The molecule has 0 fully saturated rings. The van der Waals surface area contributed by atoms with Gasteiger partial charge >= 0.3 is 6.61 Å². The van der Waals surface area contributed by atoms with Crippen molar-refractivity contribution >= 4 is 11.7 Å². The van der Waals surface area contributed by atoms with Crippen molar-refractivity contribution in [1.29, 1.82) is 0 Å². The Morgan fingerprint density at radius 2 is 2.04 bits per heavy atom. The predicted molar refractivity (Wildman–Crippen MR) is 88.9 cm³/mol. The van der Waals surface area contributed by atoms with Crippen LogP contribution in [0.2, 0.25) is 0 Å². The van der Waals surface area contributed by atoms with Crippen molar-refractivity contribution < 1.29 is 18.3 Å². The number of para-hydroxylation sites is 1. The lowest BCUT2D eigenvalue weighted by Crippen LogP contribution is -2.25. The van der Waals surface area contributed by atoms with Crippen LogP contribution in [0, 0.1) is 13.8 Å². The van der Waals surface area contributed by atoms with Crippen LogP contribution in [0.1, 0.15) is 22.8 Å². The van der Waals surface area contributed by atoms with Gasteiger partial charge in [-0.25, -0.2) is 9.50 Å². The molecule has 0 saturated carbocycles. The topological polar surface area (TPSA) is 81.4 Å². The summed E-state index contributed by atoms with van der Waals surface area (Å²) in [7, 11) is 0. The predicted octanol–water partition coefficient (Wildman–Crippen LogP) is 2.20. The van der Waals surface area contributed by atoms with Crippen LogP contribution in [0.25, 0.3) is 5.78 Å². The maximum atomic E-state index is 12.4. The highest BCUT2D eigenvalue weighted by Crippen LogP contribution is 2.20. The zero-order valence-electron chi connectivity index (χ0n) is 14.2. The summed E-state index contributed by atoms with van der Waals surface area (Å²) in [5, 5.41) is 6.92. The molecule has 3 aromatic rings. The number of hydrogen-bond donors (Lipinski definition) is 1. The van der Waals surface area contributed by atoms with Crippen molar-refractivity contribution in [3.05, 3.63) is 53.1 Å². The lowest BCUT2D eigenvalue weighted by molar-refractivity contribution is -0.120. The van der Waals surface area contributed by atoms with Gasteiger partial charge in [-0.2, -0.15) is 13.8 Å². The van der Waals surface area contributed by atoms with Gasteiger partial charge in [-0.3, -0.25) is 4.79 Å². The van der Waals surface area contributed by atoms with Gasteiger partial charge in [0.15, 0.2) is 5.82 Å². The normalized spacial score (nSPS) is 11.1. The second-order valence-corrected chi connectivity index (χ2v) is 5.72. The summed E-state index contributed by atoms with van der Waals surface area (Å²) < 4.78 is 30.8. The van der Waals surface area contributed by atoms with Gasteiger partial charge in [0.05, 0.1) is 6.42 Å². The molecule has 3 rings (SSSR count). The highest BCUT2D eigenvalue weighted by molar-refractivity contribution is 5.77. The number of carbonyl (C=O) groups is 1. The van der Waals surface area contributed by atoms with E-state index in [9.17, 15) is 13.6 Å². The molecule has 1 N–H and O–H groups in total. The van der Waals surface area contributed by atoms with Crippen molar-refractivity contribution in [2.75, 3.05) is 0 Å². The van der Waals surface area contributed by atoms with Crippen molar-refractivity contribution in [1.82, 2.24) is 24.9 Å². The van der Waals surface area contributed by atoms with Gasteiger partial charge in [0.25, 0.3) is 5.78 Å². The molecule has 2 aromatic heterocycles. The maximum Gasteiger partial charge on any atom is 0.387 e. The van der Waals surface area contributed by atoms with Crippen LogP contribution in [0.4, 0.5) is 8.78 Å². The Kier molecular flexibility index (Phi) is 5.06. The highest BCUT2D eigenvalue weighted by Gasteiger charge is 2.13. The van der Waals surface area contributed by atoms with E-state index in [0.29, 0.717) is 17.2 Å². The first-order valence-electron chi connectivity index (χ1n) is 7.91. The zero-order chi connectivity index (χ0) is 18.7. The van der Waals surface area contributed by atoms with Gasteiger partial charge in [-0.15, -0.1) is 5.10 Å². The SMILES string of the molecule is Cc1cc(C)n2nc(CC(=O)NCc3ccccc3OC(F)F)nc2n1. The third-order valence-electron chi connectivity index (χ3n) is 3.65. The van der Waals surface area contributed by atoms with Crippen molar-refractivity contribution in [3.8, 4) is 5.75 Å². The molecule has 1 amide bonds. The van der Waals surface area contributed by atoms with Gasteiger partial charge in [-0.1, -0.05) is 18.2 Å². The number of carbonyl (C=O) groups excluding carboxylic acids is 1. The molecule has 1 aromatic carbocycles. The first kappa shape index (κ1) is 17.7. The van der Waals surface area contributed by atoms with Crippen LogP contribution < -0.4 is 10.1 Å². The third kappa shape index (κ3) is 4.11. The van der Waals surface area contributed by atoms with Crippen molar-refractivity contribution in [3.63, 3.8) is 0 Å². The van der Waals surface area contributed by atoms with E-state index in [1.54, 1.807) is 22.7 Å². The minimum atomic E-state index is -2.92. The molecule has 26 heavy (non-hydrogen) atoms. The fourth-order valence-electron chi connectivity index (χ4n) is 2.54. The van der Waals surface area contributed by atoms with E-state index in [2.05, 4.69) is 25.1 Å². The van der Waals surface area contributed by atoms with E-state index in [1.165, 1.54) is 6.07 Å². The second-order valence-electron chi connectivity index (χ2n) is 5.72. The summed E-state index contributed by atoms with van der Waals surface area (Å²) in [6.45, 7) is 0.867. The molecule has 0 unspecified atom stereocenters. The van der Waals surface area contributed by atoms with Gasteiger partial charge in [0.1, 0.15) is 5.75 Å². The molecule has 0 radical (unpaired) electrons. The number of fused-ring (bicyclic) bond motifs is 1. The number of alkyl halides is 2. The number of nitrogens with zero attached hydrogens (tertiary/aromatic N) is 4. The molecule has 0 aliphatic rings. The number of aryl methyl sites for hydroxylation is 2. The summed E-state index contributed by atoms with van der Waals surface area (Å²) in [4.78, 5) is 20.6. The number of hydrogen-bond acceptors (Lipinski definition) is 5. The zero-order valence-corrected chi connectivity index (χ0v) is 14.2. The van der Waals surface area contributed by atoms with Crippen LogP contribution in [-0.2, 0) is 17.8 Å². The van der Waals surface area contributed by atoms with E-state index in [1.807, 2.05) is 19.9 Å². The smallest absolute Gasteiger partial charge is 0.387 e. The highest BCUT2D eigenvalue weighted by atomic mass is 19.3. The molecule has 136 valence electrons. The maximum absolute atomic E-state index is 12.4. The fraction of sp³-hybridized carbons (Fsp3) is 0.294. The van der Waals surface area contributed by atoms with E-state index in [0.717, 1.165) is 11.4 Å². The first-order chi connectivity index (χ1) is 12.4. The van der Waals surface area contributed by atoms with Crippen LogP contribution >= 0.6 is 0 Å². The Hall–Kier alpha value is -3.10. The molecule has 0 aliphatic carbocycles. The number of nitrogens with one attached hydrogen (secondary N) is 1. The molecule has 0 spiro atoms. The molecule has 0 saturated heterocycles. The number of aromatic nitrogens is 4. The van der Waals surface area contributed by atoms with Crippen LogP contribution in [-0.4, -0.2) is 32.1 Å². The van der Waals surface area contributed by atoms with E-state index in [4.69, 9.17) is 0 Å². The first-order valence-corrected chi connectivity index (χ1v) is 7.91. The third-order valence-corrected chi connectivity index (χ3v) is 3.65. The average molecular weight is 361 g/mol. The average Bonchev–Trinajstić information content (AvgIpc) is 2.96. The summed E-state index contributed by atoms with van der Waals surface area (Å²) in [6.07, 6.45) is -0.0419. The molecule has 0 aliphatic heterocycles. The Labute approximate surface area is 148 Å². The van der Waals surface area contributed by atoms with E-state index >= 15 is 0 Å². The second kappa shape index (κ2) is 7.42. The number of ether oxygens (including phenoxy) is 1. The summed E-state index contributed by atoms with van der Waals surface area (Å²) in [5.74, 6) is 0.466. The molecule has 0 atom stereocenters. The fourth-order valence-corrected chi connectivity index (χ4v) is 2.54. The molecule has 0 bridgehead atoms. The standard InChI is InChI=1S/C17H17F2N5O2/c1-10-7-11(2)24-17(21-10)22-14(23-24)8-15(25)20-9-12-5-3-4-6-13(12)26-16(18)19/h3-7,16H,8-9H2,1-2H3,(H,20,25). The largest absolute Gasteiger partial charge is 0.434 e. The van der Waals surface area contributed by atoms with Gasteiger partial charge in [0.2, 0.25) is 5.91 Å². The Bertz CT molecular complexity index is 942. The minimum absolute atomic E-state index is 0.0314. The molecule has 2 heterocycles. The summed E-state index contributed by atoms with van der Waals surface area (Å²) in [6, 6.07) is 8.16. The van der Waals surface area contributed by atoms with Crippen LogP contribution in [0.3, 0.4) is 0 Å². The van der Waals surface area contributed by atoms with Gasteiger partial charge < -0.3 is 10.1 Å². The molecular weight excluding hydrogens is 344 g/mol. The quantitative estimate of drug-likeness (QED) is 0.728. The minimum Gasteiger partial charge on any atom is -0.434 e. The lowest BCUT2D eigenvalue weighted by atomic mass is 10.2. The van der Waals surface area contributed by atoms with Gasteiger partial charge in [0, 0.05) is 23.5 Å². The number of rotatable bonds is 6. The Morgan fingerprint density at radius 1 is 1.27 bits per heavy atom. The Morgan fingerprint density at radius 3 is 2.81 bits per heavy atom. The van der Waals surface area contributed by atoms with Crippen LogP contribution in [0.5, 0.6) is 5.75 Å². The van der Waals surface area contributed by atoms with Crippen LogP contribution in [0.15, 0.2) is 30.3 Å². The Balaban J connectivity index is 1.66. The summed E-state index contributed by atoms with van der Waals surface area (Å²) in [5.41, 5.74) is 2.14. The number of benzene rings is 1. The summed E-state index contributed by atoms with van der Waals surface area (Å²) >= 11 is 0. The molecular formula is C17H17F2N5O2. The number of halogens is 2. The van der Waals surface area contributed by atoms with Gasteiger partial charge in [-0.05, 0) is 26.0 Å². The number of amides is 1. The van der Waals surface area contributed by atoms with E-state index < -0.39 is 6.61 Å².